The predicted octanol–water partition coefficient (Wildman–Crippen LogP) is 1.78. The Labute approximate surface area is 158 Å². The number of anilines is 2. The highest BCUT2D eigenvalue weighted by Gasteiger charge is 2.13. The van der Waals surface area contributed by atoms with E-state index in [1.54, 1.807) is 43.6 Å². The Balaban J connectivity index is 1.46. The van der Waals surface area contributed by atoms with Crippen LogP contribution in [0.15, 0.2) is 42.6 Å². The monoisotopic (exact) mass is 372 g/mol. The molecule has 1 atom stereocenters. The van der Waals surface area contributed by atoms with Gasteiger partial charge in [-0.05, 0) is 29.8 Å². The van der Waals surface area contributed by atoms with Crippen LogP contribution < -0.4 is 20.3 Å². The standard InChI is InChI=1S/C19H24N4O4/c1-26-16-5-2-14(3-6-16)17(24)13-21-19(25)22-15-4-7-18(20-12-15)23-8-10-27-11-9-23/h2-7,12,17,24H,8-11,13H2,1H3,(H2,21,22,25). The largest absolute Gasteiger partial charge is 0.497 e. The number of nitrogens with zero attached hydrogens (tertiary/aromatic N) is 2. The second kappa shape index (κ2) is 9.20. The molecule has 3 rings (SSSR count). The van der Waals surface area contributed by atoms with Crippen molar-refractivity contribution in [2.75, 3.05) is 50.2 Å². The fourth-order valence-electron chi connectivity index (χ4n) is 2.75. The number of urea groups is 1. The van der Waals surface area contributed by atoms with Crippen LogP contribution in [0.25, 0.3) is 0 Å². The first-order valence-corrected chi connectivity index (χ1v) is 8.81. The van der Waals surface area contributed by atoms with Gasteiger partial charge in [0, 0.05) is 19.6 Å². The third kappa shape index (κ3) is 5.32. The van der Waals surface area contributed by atoms with Gasteiger partial charge in [-0.25, -0.2) is 9.78 Å². The molecular formula is C19H24N4O4. The molecule has 1 aromatic heterocycles. The molecular weight excluding hydrogens is 348 g/mol. The quantitative estimate of drug-likeness (QED) is 0.715. The minimum Gasteiger partial charge on any atom is -0.497 e. The number of aliphatic hydroxyl groups excluding tert-OH is 1. The predicted molar refractivity (Wildman–Crippen MR) is 102 cm³/mol. The lowest BCUT2D eigenvalue weighted by molar-refractivity contribution is 0.122. The van der Waals surface area contributed by atoms with Crippen molar-refractivity contribution in [3.05, 3.63) is 48.2 Å². The van der Waals surface area contributed by atoms with Crippen LogP contribution in [0.2, 0.25) is 0 Å². The molecule has 0 saturated carbocycles. The molecule has 1 unspecified atom stereocenters. The Morgan fingerprint density at radius 1 is 1.26 bits per heavy atom. The van der Waals surface area contributed by atoms with E-state index in [1.165, 1.54) is 0 Å². The number of pyridine rings is 1. The van der Waals surface area contributed by atoms with E-state index in [9.17, 15) is 9.90 Å². The Bertz CT molecular complexity index is 730. The van der Waals surface area contributed by atoms with E-state index in [1.807, 2.05) is 6.07 Å². The van der Waals surface area contributed by atoms with Crippen LogP contribution in [0, 0.1) is 0 Å². The van der Waals surface area contributed by atoms with Gasteiger partial charge in [-0.15, -0.1) is 0 Å². The summed E-state index contributed by atoms with van der Waals surface area (Å²) in [5.41, 5.74) is 1.29. The summed E-state index contributed by atoms with van der Waals surface area (Å²) in [7, 11) is 1.58. The number of carbonyl (C=O) groups excluding carboxylic acids is 1. The molecule has 27 heavy (non-hydrogen) atoms. The average molecular weight is 372 g/mol. The molecule has 1 saturated heterocycles. The summed E-state index contributed by atoms with van der Waals surface area (Å²) in [6, 6.07) is 10.3. The van der Waals surface area contributed by atoms with Crippen LogP contribution in [0.1, 0.15) is 11.7 Å². The van der Waals surface area contributed by atoms with E-state index in [0.29, 0.717) is 30.2 Å². The zero-order chi connectivity index (χ0) is 19.1. The van der Waals surface area contributed by atoms with Gasteiger partial charge in [0.2, 0.25) is 0 Å². The molecule has 1 fully saturated rings. The van der Waals surface area contributed by atoms with Crippen LogP contribution in [-0.4, -0.2) is 56.1 Å². The molecule has 2 heterocycles. The molecule has 8 heteroatoms. The lowest BCUT2D eigenvalue weighted by Gasteiger charge is -2.27. The van der Waals surface area contributed by atoms with Gasteiger partial charge < -0.3 is 30.1 Å². The normalized spacial score (nSPS) is 15.1. The zero-order valence-electron chi connectivity index (χ0n) is 15.2. The second-order valence-corrected chi connectivity index (χ2v) is 6.13. The lowest BCUT2D eigenvalue weighted by atomic mass is 10.1. The van der Waals surface area contributed by atoms with E-state index in [-0.39, 0.29) is 6.54 Å². The topological polar surface area (TPSA) is 96.0 Å². The summed E-state index contributed by atoms with van der Waals surface area (Å²) in [5.74, 6) is 1.57. The highest BCUT2D eigenvalue weighted by atomic mass is 16.5. The van der Waals surface area contributed by atoms with Gasteiger partial charge in [-0.3, -0.25) is 0 Å². The number of aliphatic hydroxyl groups is 1. The number of benzene rings is 1. The first-order chi connectivity index (χ1) is 13.2. The third-order valence-corrected chi connectivity index (χ3v) is 4.30. The van der Waals surface area contributed by atoms with Gasteiger partial charge in [0.15, 0.2) is 0 Å². The molecule has 0 radical (unpaired) electrons. The minimum absolute atomic E-state index is 0.0947. The van der Waals surface area contributed by atoms with Crippen molar-refractivity contribution in [1.82, 2.24) is 10.3 Å². The van der Waals surface area contributed by atoms with Crippen LogP contribution in [-0.2, 0) is 4.74 Å². The minimum atomic E-state index is -0.802. The maximum Gasteiger partial charge on any atom is 0.319 e. The van der Waals surface area contributed by atoms with Crippen molar-refractivity contribution in [3.63, 3.8) is 0 Å². The van der Waals surface area contributed by atoms with Crippen LogP contribution >= 0.6 is 0 Å². The molecule has 1 aliphatic rings. The Hall–Kier alpha value is -2.84. The maximum atomic E-state index is 12.0. The molecule has 0 spiro atoms. The summed E-state index contributed by atoms with van der Waals surface area (Å²) >= 11 is 0. The van der Waals surface area contributed by atoms with E-state index in [4.69, 9.17) is 9.47 Å². The number of ether oxygens (including phenoxy) is 2. The molecule has 0 bridgehead atoms. The van der Waals surface area contributed by atoms with Gasteiger partial charge >= 0.3 is 6.03 Å². The number of morpholine rings is 1. The van der Waals surface area contributed by atoms with E-state index < -0.39 is 12.1 Å². The van der Waals surface area contributed by atoms with Crippen molar-refractivity contribution in [3.8, 4) is 5.75 Å². The van der Waals surface area contributed by atoms with Crippen molar-refractivity contribution in [2.24, 2.45) is 0 Å². The van der Waals surface area contributed by atoms with E-state index in [2.05, 4.69) is 20.5 Å². The average Bonchev–Trinajstić information content (AvgIpc) is 2.73. The maximum absolute atomic E-state index is 12.0. The molecule has 2 amide bonds. The number of nitrogens with one attached hydrogen (secondary N) is 2. The van der Waals surface area contributed by atoms with Crippen LogP contribution in [0.5, 0.6) is 5.75 Å². The number of hydrogen-bond acceptors (Lipinski definition) is 6. The van der Waals surface area contributed by atoms with Crippen LogP contribution in [0.3, 0.4) is 0 Å². The summed E-state index contributed by atoms with van der Waals surface area (Å²) in [6.45, 7) is 3.10. The van der Waals surface area contributed by atoms with E-state index >= 15 is 0 Å². The second-order valence-electron chi connectivity index (χ2n) is 6.13. The fourth-order valence-corrected chi connectivity index (χ4v) is 2.75. The number of amides is 2. The van der Waals surface area contributed by atoms with Crippen molar-refractivity contribution < 1.29 is 19.4 Å². The van der Waals surface area contributed by atoms with Crippen molar-refractivity contribution in [2.45, 2.75) is 6.10 Å². The third-order valence-electron chi connectivity index (χ3n) is 4.30. The van der Waals surface area contributed by atoms with Gasteiger partial charge in [0.25, 0.3) is 0 Å². The summed E-state index contributed by atoms with van der Waals surface area (Å²) < 4.78 is 10.4. The highest BCUT2D eigenvalue weighted by Crippen LogP contribution is 2.17. The first-order valence-electron chi connectivity index (χ1n) is 8.81. The van der Waals surface area contributed by atoms with E-state index in [0.717, 1.165) is 18.9 Å². The molecule has 0 aliphatic carbocycles. The summed E-state index contributed by atoms with van der Waals surface area (Å²) in [6.07, 6.45) is 0.813. The zero-order valence-corrected chi connectivity index (χ0v) is 15.2. The Kier molecular flexibility index (Phi) is 6.45. The highest BCUT2D eigenvalue weighted by molar-refractivity contribution is 5.89. The first kappa shape index (κ1) is 18.9. The van der Waals surface area contributed by atoms with Gasteiger partial charge in [-0.2, -0.15) is 0 Å². The lowest BCUT2D eigenvalue weighted by Crippen LogP contribution is -2.36. The van der Waals surface area contributed by atoms with Gasteiger partial charge in [0.1, 0.15) is 11.6 Å². The fraction of sp³-hybridized carbons (Fsp3) is 0.368. The Morgan fingerprint density at radius 3 is 2.63 bits per heavy atom. The molecule has 1 aliphatic heterocycles. The smallest absolute Gasteiger partial charge is 0.319 e. The van der Waals surface area contributed by atoms with Gasteiger partial charge in [-0.1, -0.05) is 12.1 Å². The summed E-state index contributed by atoms with van der Waals surface area (Å²) in [4.78, 5) is 18.5. The molecule has 2 aromatic rings. The number of hydrogen-bond donors (Lipinski definition) is 3. The molecule has 3 N–H and O–H groups in total. The summed E-state index contributed by atoms with van der Waals surface area (Å²) in [5, 5.41) is 15.5. The number of methoxy groups -OCH3 is 1. The Morgan fingerprint density at radius 2 is 2.00 bits per heavy atom. The number of aromatic nitrogens is 1. The van der Waals surface area contributed by atoms with Gasteiger partial charge in [0.05, 0.1) is 38.3 Å². The van der Waals surface area contributed by atoms with Crippen LogP contribution in [0.4, 0.5) is 16.3 Å². The number of carbonyl (C=O) groups is 1. The number of rotatable bonds is 6. The molecule has 1 aromatic carbocycles. The van der Waals surface area contributed by atoms with Crippen molar-refractivity contribution >= 4 is 17.5 Å². The molecule has 144 valence electrons. The molecule has 8 nitrogen and oxygen atoms in total. The SMILES string of the molecule is COc1ccc(C(O)CNC(=O)Nc2ccc(N3CCOCC3)nc2)cc1. The van der Waals surface area contributed by atoms with Crippen molar-refractivity contribution in [1.29, 1.82) is 0 Å².